The van der Waals surface area contributed by atoms with Crippen molar-refractivity contribution in [2.24, 2.45) is 0 Å². The Labute approximate surface area is 140 Å². The van der Waals surface area contributed by atoms with Crippen LogP contribution in [0.1, 0.15) is 18.1 Å². The molecule has 0 saturated heterocycles. The molecule has 0 amide bonds. The molecule has 0 spiro atoms. The highest BCUT2D eigenvalue weighted by molar-refractivity contribution is 7.85. The Kier molecular flexibility index (Phi) is 4.29. The highest BCUT2D eigenvalue weighted by Crippen LogP contribution is 2.38. The third-order valence-corrected chi connectivity index (χ3v) is 4.78. The summed E-state index contributed by atoms with van der Waals surface area (Å²) in [6.45, 7) is 1.81. The molecule has 1 heterocycles. The molecule has 2 aromatic rings. The van der Waals surface area contributed by atoms with E-state index in [1.54, 1.807) is 25.1 Å². The summed E-state index contributed by atoms with van der Waals surface area (Å²) in [5, 5.41) is 0. The number of benzene rings is 2. The molecular weight excluding hydrogens is 330 g/mol. The van der Waals surface area contributed by atoms with Crippen LogP contribution in [0, 0.1) is 0 Å². The number of carbonyl (C=O) groups is 1. The van der Waals surface area contributed by atoms with Crippen molar-refractivity contribution in [1.29, 1.82) is 0 Å². The van der Waals surface area contributed by atoms with E-state index in [0.29, 0.717) is 5.56 Å². The van der Waals surface area contributed by atoms with Crippen molar-refractivity contribution in [3.05, 3.63) is 65.7 Å². The lowest BCUT2D eigenvalue weighted by Gasteiger charge is -2.36. The fraction of sp³-hybridized carbons (Fsp3) is 0.235. The van der Waals surface area contributed by atoms with E-state index in [9.17, 15) is 13.2 Å². The van der Waals surface area contributed by atoms with Crippen LogP contribution in [0.2, 0.25) is 0 Å². The minimum absolute atomic E-state index is 0.117. The van der Waals surface area contributed by atoms with Gasteiger partial charge in [0.1, 0.15) is 5.75 Å². The lowest BCUT2D eigenvalue weighted by atomic mass is 9.84. The van der Waals surface area contributed by atoms with E-state index >= 15 is 0 Å². The maximum Gasteiger partial charge on any atom is 0.383 e. The molecule has 1 aliphatic heterocycles. The Morgan fingerprint density at radius 2 is 1.79 bits per heavy atom. The highest BCUT2D eigenvalue weighted by Gasteiger charge is 2.50. The van der Waals surface area contributed by atoms with Gasteiger partial charge in [0.15, 0.2) is 5.54 Å². The number of hydrogen-bond acceptors (Lipinski definition) is 5. The normalized spacial score (nSPS) is 21.4. The molecule has 0 aromatic heterocycles. The SMILES string of the molecule is CCOC(=O)[C@]1(Cc2ccccc2)NS(=O)(=O)Oc2ccccc21. The van der Waals surface area contributed by atoms with E-state index in [1.807, 2.05) is 30.3 Å². The molecular formula is C17H17NO5S. The van der Waals surface area contributed by atoms with Crippen LogP contribution in [0.5, 0.6) is 5.75 Å². The molecule has 0 fully saturated rings. The van der Waals surface area contributed by atoms with Crippen molar-refractivity contribution in [1.82, 2.24) is 4.72 Å². The molecule has 1 atom stereocenters. The van der Waals surface area contributed by atoms with Crippen molar-refractivity contribution in [3.8, 4) is 5.75 Å². The summed E-state index contributed by atoms with van der Waals surface area (Å²) in [7, 11) is -4.14. The Bertz CT molecular complexity index is 850. The van der Waals surface area contributed by atoms with Crippen molar-refractivity contribution in [2.45, 2.75) is 18.9 Å². The average Bonchev–Trinajstić information content (AvgIpc) is 2.55. The van der Waals surface area contributed by atoms with Crippen LogP contribution < -0.4 is 8.91 Å². The van der Waals surface area contributed by atoms with Crippen LogP contribution in [0.4, 0.5) is 0 Å². The predicted molar refractivity (Wildman–Crippen MR) is 87.6 cm³/mol. The standard InChI is InChI=1S/C17H17NO5S/c1-2-22-16(19)17(12-13-8-4-3-5-9-13)14-10-6-7-11-15(14)23-24(20,21)18-17/h3-11,18H,2,12H2,1H3/t17-/m1/s1. The first-order valence-corrected chi connectivity index (χ1v) is 8.92. The molecule has 0 unspecified atom stereocenters. The number of esters is 1. The zero-order valence-corrected chi connectivity index (χ0v) is 13.9. The third kappa shape index (κ3) is 3.00. The number of rotatable bonds is 4. The van der Waals surface area contributed by atoms with Gasteiger partial charge in [0.25, 0.3) is 0 Å². The van der Waals surface area contributed by atoms with Gasteiger partial charge in [-0.15, -0.1) is 0 Å². The molecule has 0 saturated carbocycles. The largest absolute Gasteiger partial charge is 0.464 e. The lowest BCUT2D eigenvalue weighted by Crippen LogP contribution is -2.57. The van der Waals surface area contributed by atoms with Gasteiger partial charge in [0, 0.05) is 12.0 Å². The van der Waals surface area contributed by atoms with E-state index in [0.717, 1.165) is 5.56 Å². The first-order chi connectivity index (χ1) is 11.5. The minimum atomic E-state index is -4.14. The molecule has 0 radical (unpaired) electrons. The molecule has 24 heavy (non-hydrogen) atoms. The van der Waals surface area contributed by atoms with Gasteiger partial charge < -0.3 is 8.92 Å². The Morgan fingerprint density at radius 1 is 1.12 bits per heavy atom. The molecule has 126 valence electrons. The van der Waals surface area contributed by atoms with Crippen molar-refractivity contribution in [3.63, 3.8) is 0 Å². The minimum Gasteiger partial charge on any atom is -0.464 e. The summed E-state index contributed by atoms with van der Waals surface area (Å²) in [6.07, 6.45) is 0.117. The van der Waals surface area contributed by atoms with E-state index in [1.165, 1.54) is 6.07 Å². The summed E-state index contributed by atoms with van der Waals surface area (Å²) in [5.41, 5.74) is -0.336. The number of hydrogen-bond donors (Lipinski definition) is 1. The van der Waals surface area contributed by atoms with Gasteiger partial charge in [0.05, 0.1) is 6.61 Å². The van der Waals surface area contributed by atoms with Crippen LogP contribution in [-0.4, -0.2) is 21.0 Å². The monoisotopic (exact) mass is 347 g/mol. The second-order valence-electron chi connectivity index (χ2n) is 5.42. The van der Waals surface area contributed by atoms with Gasteiger partial charge >= 0.3 is 16.3 Å². The fourth-order valence-electron chi connectivity index (χ4n) is 2.81. The van der Waals surface area contributed by atoms with Crippen LogP contribution >= 0.6 is 0 Å². The van der Waals surface area contributed by atoms with E-state index < -0.39 is 21.8 Å². The third-order valence-electron chi connectivity index (χ3n) is 3.78. The number of nitrogens with one attached hydrogen (secondary N) is 1. The van der Waals surface area contributed by atoms with Gasteiger partial charge in [-0.3, -0.25) is 0 Å². The summed E-state index contributed by atoms with van der Waals surface area (Å²) >= 11 is 0. The molecule has 7 heteroatoms. The molecule has 1 N–H and O–H groups in total. The maximum absolute atomic E-state index is 12.8. The quantitative estimate of drug-likeness (QED) is 0.855. The van der Waals surface area contributed by atoms with Gasteiger partial charge in [-0.25, -0.2) is 4.79 Å². The smallest absolute Gasteiger partial charge is 0.383 e. The average molecular weight is 347 g/mol. The lowest BCUT2D eigenvalue weighted by molar-refractivity contribution is -0.151. The highest BCUT2D eigenvalue weighted by atomic mass is 32.2. The van der Waals surface area contributed by atoms with E-state index in [4.69, 9.17) is 8.92 Å². The number of para-hydroxylation sites is 1. The number of carbonyl (C=O) groups excluding carboxylic acids is 1. The molecule has 2 aromatic carbocycles. The number of fused-ring (bicyclic) bond motifs is 1. The van der Waals surface area contributed by atoms with Crippen LogP contribution in [-0.2, 0) is 31.8 Å². The van der Waals surface area contributed by atoms with Gasteiger partial charge in [-0.05, 0) is 18.6 Å². The van der Waals surface area contributed by atoms with E-state index in [2.05, 4.69) is 4.72 Å². The topological polar surface area (TPSA) is 81.7 Å². The van der Waals surface area contributed by atoms with Gasteiger partial charge in [0.2, 0.25) is 0 Å². The Balaban J connectivity index is 2.19. The Morgan fingerprint density at radius 3 is 2.50 bits per heavy atom. The molecule has 0 aliphatic carbocycles. The van der Waals surface area contributed by atoms with E-state index in [-0.39, 0.29) is 18.8 Å². The zero-order valence-electron chi connectivity index (χ0n) is 13.1. The summed E-state index contributed by atoms with van der Waals surface area (Å²) in [4.78, 5) is 12.8. The molecule has 3 rings (SSSR count). The first-order valence-electron chi connectivity index (χ1n) is 7.51. The van der Waals surface area contributed by atoms with Crippen molar-refractivity contribution < 1.29 is 22.1 Å². The van der Waals surface area contributed by atoms with Crippen molar-refractivity contribution in [2.75, 3.05) is 6.61 Å². The Hall–Kier alpha value is -2.38. The summed E-state index contributed by atoms with van der Waals surface area (Å²) in [5.74, 6) is -0.534. The van der Waals surface area contributed by atoms with Crippen LogP contribution in [0.15, 0.2) is 54.6 Å². The predicted octanol–water partition coefficient (Wildman–Crippen LogP) is 1.91. The second-order valence-corrected chi connectivity index (χ2v) is 6.70. The van der Waals surface area contributed by atoms with Gasteiger partial charge in [-0.1, -0.05) is 48.5 Å². The second kappa shape index (κ2) is 6.26. The molecule has 6 nitrogen and oxygen atoms in total. The van der Waals surface area contributed by atoms with Crippen LogP contribution in [0.3, 0.4) is 0 Å². The molecule has 1 aliphatic rings. The first kappa shape index (κ1) is 16.5. The fourth-order valence-corrected chi connectivity index (χ4v) is 3.93. The van der Waals surface area contributed by atoms with Crippen LogP contribution in [0.25, 0.3) is 0 Å². The van der Waals surface area contributed by atoms with Crippen molar-refractivity contribution >= 4 is 16.3 Å². The molecule has 0 bridgehead atoms. The summed E-state index contributed by atoms with van der Waals surface area (Å²) in [6, 6.07) is 15.7. The zero-order chi connectivity index (χ0) is 17.2. The summed E-state index contributed by atoms with van der Waals surface area (Å²) < 4.78 is 36.9. The number of ether oxygens (including phenoxy) is 1. The maximum atomic E-state index is 12.8. The van der Waals surface area contributed by atoms with Gasteiger partial charge in [-0.2, -0.15) is 13.1 Å².